The Morgan fingerprint density at radius 1 is 1.28 bits per heavy atom. The van der Waals surface area contributed by atoms with E-state index in [4.69, 9.17) is 4.74 Å². The van der Waals surface area contributed by atoms with Gasteiger partial charge in [-0.1, -0.05) is 30.3 Å². The van der Waals surface area contributed by atoms with Crippen LogP contribution in [0.4, 0.5) is 0 Å². The van der Waals surface area contributed by atoms with Gasteiger partial charge in [0, 0.05) is 12.0 Å². The Morgan fingerprint density at radius 2 is 2.11 bits per heavy atom. The zero-order valence-corrected chi connectivity index (χ0v) is 9.84. The molecule has 1 aliphatic rings. The van der Waals surface area contributed by atoms with E-state index >= 15 is 0 Å². The van der Waals surface area contributed by atoms with Gasteiger partial charge >= 0.3 is 0 Å². The molecular formula is C14H14N2O2. The van der Waals surface area contributed by atoms with E-state index in [2.05, 4.69) is 10.2 Å². The maximum absolute atomic E-state index is 10.3. The van der Waals surface area contributed by atoms with E-state index in [9.17, 15) is 5.11 Å². The van der Waals surface area contributed by atoms with Crippen molar-refractivity contribution in [2.75, 3.05) is 6.61 Å². The van der Waals surface area contributed by atoms with Crippen LogP contribution in [0.2, 0.25) is 0 Å². The maximum atomic E-state index is 10.3. The number of hydrogen-bond acceptors (Lipinski definition) is 3. The van der Waals surface area contributed by atoms with Crippen molar-refractivity contribution in [1.29, 1.82) is 0 Å². The Bertz CT molecular complexity index is 560. The number of ether oxygens (including phenoxy) is 1. The van der Waals surface area contributed by atoms with Gasteiger partial charge in [0.05, 0.1) is 18.5 Å². The average molecular weight is 242 g/mol. The molecule has 0 saturated heterocycles. The van der Waals surface area contributed by atoms with Gasteiger partial charge in [-0.2, -0.15) is 5.10 Å². The fourth-order valence-electron chi connectivity index (χ4n) is 2.12. The van der Waals surface area contributed by atoms with Gasteiger partial charge in [0.1, 0.15) is 11.9 Å². The lowest BCUT2D eigenvalue weighted by Gasteiger charge is -2.12. The first kappa shape index (κ1) is 11.0. The number of aromatic amines is 1. The van der Waals surface area contributed by atoms with Gasteiger partial charge in [-0.15, -0.1) is 0 Å². The second-order valence-corrected chi connectivity index (χ2v) is 4.21. The number of aromatic nitrogens is 2. The second kappa shape index (κ2) is 4.66. The standard InChI is InChI=1S/C14H14N2O2/c17-14(12-7-4-8-18-12)11-9-15-16-13(11)10-5-2-1-3-6-10/h1-3,5-7,9,14,17H,4,8H2,(H,15,16). The molecule has 0 spiro atoms. The highest BCUT2D eigenvalue weighted by molar-refractivity contribution is 5.63. The summed E-state index contributed by atoms with van der Waals surface area (Å²) in [5.74, 6) is 0.619. The highest BCUT2D eigenvalue weighted by atomic mass is 16.5. The topological polar surface area (TPSA) is 58.1 Å². The molecule has 4 nitrogen and oxygen atoms in total. The Hall–Kier alpha value is -2.07. The first-order valence-corrected chi connectivity index (χ1v) is 5.96. The van der Waals surface area contributed by atoms with Crippen molar-refractivity contribution < 1.29 is 9.84 Å². The summed E-state index contributed by atoms with van der Waals surface area (Å²) >= 11 is 0. The summed E-state index contributed by atoms with van der Waals surface area (Å²) in [5, 5.41) is 17.3. The lowest BCUT2D eigenvalue weighted by Crippen LogP contribution is -2.02. The van der Waals surface area contributed by atoms with Crippen LogP contribution in [0.5, 0.6) is 0 Å². The molecule has 0 aliphatic carbocycles. The summed E-state index contributed by atoms with van der Waals surface area (Å²) in [6.07, 6.45) is 3.67. The quantitative estimate of drug-likeness (QED) is 0.869. The number of aliphatic hydroxyl groups excluding tert-OH is 1. The van der Waals surface area contributed by atoms with Gasteiger partial charge in [0.15, 0.2) is 0 Å². The third kappa shape index (κ3) is 1.91. The Morgan fingerprint density at radius 3 is 2.83 bits per heavy atom. The Labute approximate surface area is 105 Å². The monoisotopic (exact) mass is 242 g/mol. The molecule has 1 aliphatic heterocycles. The van der Waals surface area contributed by atoms with Gasteiger partial charge in [-0.25, -0.2) is 0 Å². The number of nitrogens with one attached hydrogen (secondary N) is 1. The van der Waals surface area contributed by atoms with Crippen LogP contribution in [0.15, 0.2) is 48.4 Å². The molecule has 2 N–H and O–H groups in total. The smallest absolute Gasteiger partial charge is 0.139 e. The van der Waals surface area contributed by atoms with Gasteiger partial charge in [0.25, 0.3) is 0 Å². The molecule has 1 aromatic heterocycles. The summed E-state index contributed by atoms with van der Waals surface area (Å²) in [7, 11) is 0. The van der Waals surface area contributed by atoms with Crippen molar-refractivity contribution >= 4 is 0 Å². The van der Waals surface area contributed by atoms with E-state index in [1.54, 1.807) is 6.20 Å². The summed E-state index contributed by atoms with van der Waals surface area (Å²) in [6.45, 7) is 0.644. The first-order chi connectivity index (χ1) is 8.86. The van der Waals surface area contributed by atoms with E-state index in [1.165, 1.54) is 0 Å². The lowest BCUT2D eigenvalue weighted by molar-refractivity contribution is 0.119. The zero-order chi connectivity index (χ0) is 12.4. The fraction of sp³-hybridized carbons (Fsp3) is 0.214. The lowest BCUT2D eigenvalue weighted by atomic mass is 10.0. The van der Waals surface area contributed by atoms with Crippen LogP contribution < -0.4 is 0 Å². The molecular weight excluding hydrogens is 228 g/mol. The normalized spacial score (nSPS) is 16.2. The summed E-state index contributed by atoms with van der Waals surface area (Å²) in [5.41, 5.74) is 2.58. The van der Waals surface area contributed by atoms with E-state index in [0.29, 0.717) is 12.4 Å². The number of nitrogens with zero attached hydrogens (tertiary/aromatic N) is 1. The van der Waals surface area contributed by atoms with Gasteiger partial charge < -0.3 is 9.84 Å². The molecule has 1 aromatic carbocycles. The van der Waals surface area contributed by atoms with E-state index in [-0.39, 0.29) is 0 Å². The molecule has 2 heterocycles. The predicted molar refractivity (Wildman–Crippen MR) is 67.6 cm³/mol. The van der Waals surface area contributed by atoms with Crippen LogP contribution in [-0.4, -0.2) is 21.9 Å². The minimum atomic E-state index is -0.749. The molecule has 4 heteroatoms. The zero-order valence-electron chi connectivity index (χ0n) is 9.84. The maximum Gasteiger partial charge on any atom is 0.139 e. The molecule has 0 amide bonds. The average Bonchev–Trinajstić information content (AvgIpc) is 3.10. The molecule has 0 fully saturated rings. The van der Waals surface area contributed by atoms with Crippen LogP contribution >= 0.6 is 0 Å². The van der Waals surface area contributed by atoms with Crippen molar-refractivity contribution in [1.82, 2.24) is 10.2 Å². The fourth-order valence-corrected chi connectivity index (χ4v) is 2.12. The minimum absolute atomic E-state index is 0.619. The SMILES string of the molecule is OC(C1=CCCO1)c1cn[nH]c1-c1ccccc1. The van der Waals surface area contributed by atoms with Gasteiger partial charge in [-0.05, 0) is 11.6 Å². The van der Waals surface area contributed by atoms with Crippen LogP contribution in [0.3, 0.4) is 0 Å². The van der Waals surface area contributed by atoms with Crippen LogP contribution in [0.25, 0.3) is 11.3 Å². The first-order valence-electron chi connectivity index (χ1n) is 5.96. The van der Waals surface area contributed by atoms with Crippen LogP contribution in [0.1, 0.15) is 18.1 Å². The number of aliphatic hydroxyl groups is 1. The molecule has 0 radical (unpaired) electrons. The van der Waals surface area contributed by atoms with Crippen molar-refractivity contribution in [3.8, 4) is 11.3 Å². The molecule has 1 atom stereocenters. The summed E-state index contributed by atoms with van der Waals surface area (Å²) in [4.78, 5) is 0. The third-order valence-electron chi connectivity index (χ3n) is 3.03. The van der Waals surface area contributed by atoms with E-state index in [0.717, 1.165) is 23.2 Å². The van der Waals surface area contributed by atoms with Crippen molar-refractivity contribution in [2.45, 2.75) is 12.5 Å². The number of hydrogen-bond donors (Lipinski definition) is 2. The summed E-state index contributed by atoms with van der Waals surface area (Å²) < 4.78 is 5.40. The van der Waals surface area contributed by atoms with E-state index < -0.39 is 6.10 Å². The van der Waals surface area contributed by atoms with Crippen LogP contribution in [-0.2, 0) is 4.74 Å². The largest absolute Gasteiger partial charge is 0.495 e. The predicted octanol–water partition coefficient (Wildman–Crippen LogP) is 2.41. The van der Waals surface area contributed by atoms with Gasteiger partial charge in [0.2, 0.25) is 0 Å². The van der Waals surface area contributed by atoms with Crippen molar-refractivity contribution in [2.24, 2.45) is 0 Å². The number of benzene rings is 1. The van der Waals surface area contributed by atoms with Crippen LogP contribution in [0, 0.1) is 0 Å². The van der Waals surface area contributed by atoms with Gasteiger partial charge in [-0.3, -0.25) is 5.10 Å². The van der Waals surface area contributed by atoms with Crippen molar-refractivity contribution in [3.05, 3.63) is 53.9 Å². The highest BCUT2D eigenvalue weighted by Crippen LogP contribution is 2.32. The number of rotatable bonds is 3. The molecule has 3 rings (SSSR count). The minimum Gasteiger partial charge on any atom is -0.495 e. The Balaban J connectivity index is 1.97. The Kier molecular flexibility index (Phi) is 2.86. The highest BCUT2D eigenvalue weighted by Gasteiger charge is 2.22. The molecule has 0 bridgehead atoms. The van der Waals surface area contributed by atoms with E-state index in [1.807, 2.05) is 36.4 Å². The molecule has 0 saturated carbocycles. The molecule has 18 heavy (non-hydrogen) atoms. The summed E-state index contributed by atoms with van der Waals surface area (Å²) in [6, 6.07) is 9.83. The molecule has 1 unspecified atom stereocenters. The number of H-pyrrole nitrogens is 1. The third-order valence-corrected chi connectivity index (χ3v) is 3.03. The molecule has 2 aromatic rings. The van der Waals surface area contributed by atoms with Crippen molar-refractivity contribution in [3.63, 3.8) is 0 Å². The second-order valence-electron chi connectivity index (χ2n) is 4.21. The molecule has 92 valence electrons.